The highest BCUT2D eigenvalue weighted by Gasteiger charge is 2.21. The predicted molar refractivity (Wildman–Crippen MR) is 96.4 cm³/mol. The van der Waals surface area contributed by atoms with Crippen LogP contribution in [-0.2, 0) is 17.9 Å². The van der Waals surface area contributed by atoms with Gasteiger partial charge < -0.3 is 24.2 Å². The Morgan fingerprint density at radius 1 is 1.23 bits per heavy atom. The Bertz CT molecular complexity index is 744. The summed E-state index contributed by atoms with van der Waals surface area (Å²) < 4.78 is 16.3. The topological polar surface area (TPSA) is 68.2 Å². The Morgan fingerprint density at radius 2 is 2.04 bits per heavy atom. The van der Waals surface area contributed by atoms with Crippen LogP contribution in [0.5, 0.6) is 11.5 Å². The summed E-state index contributed by atoms with van der Waals surface area (Å²) in [5, 5.41) is 8.81. The van der Waals surface area contributed by atoms with Gasteiger partial charge in [-0.25, -0.2) is 0 Å². The Balaban J connectivity index is 1.74. The van der Waals surface area contributed by atoms with Gasteiger partial charge in [-0.2, -0.15) is 0 Å². The third-order valence-corrected chi connectivity index (χ3v) is 4.23. The molecule has 0 saturated heterocycles. The standard InChI is InChI=1S/C20H23NO5/c1-24-18-5-3-16(4-6-18)20(23)21-8-10-26-19-7-2-15(12-17(19)13-21)14-25-11-9-22/h2-7,12,22H,8-11,13-14H2,1H3. The lowest BCUT2D eigenvalue weighted by molar-refractivity contribution is 0.0732. The minimum Gasteiger partial charge on any atom is -0.497 e. The molecule has 0 bridgehead atoms. The SMILES string of the molecule is COc1ccc(C(=O)N2CCOc3ccc(COCCO)cc3C2)cc1. The summed E-state index contributed by atoms with van der Waals surface area (Å²) in [5.41, 5.74) is 2.56. The van der Waals surface area contributed by atoms with E-state index in [-0.39, 0.29) is 12.5 Å². The number of ether oxygens (including phenoxy) is 3. The maximum Gasteiger partial charge on any atom is 0.254 e. The molecule has 0 fully saturated rings. The normalized spacial score (nSPS) is 13.5. The van der Waals surface area contributed by atoms with Crippen molar-refractivity contribution < 1.29 is 24.1 Å². The minimum atomic E-state index is -0.0361. The van der Waals surface area contributed by atoms with Crippen LogP contribution in [0.3, 0.4) is 0 Å². The maximum atomic E-state index is 12.8. The molecule has 0 spiro atoms. The number of nitrogens with zero attached hydrogens (tertiary/aromatic N) is 1. The zero-order chi connectivity index (χ0) is 18.4. The van der Waals surface area contributed by atoms with Gasteiger partial charge in [0.25, 0.3) is 5.91 Å². The van der Waals surface area contributed by atoms with E-state index in [1.165, 1.54) is 0 Å². The van der Waals surface area contributed by atoms with Crippen molar-refractivity contribution in [3.63, 3.8) is 0 Å². The van der Waals surface area contributed by atoms with Crippen molar-refractivity contribution in [3.05, 3.63) is 59.2 Å². The molecule has 6 heteroatoms. The van der Waals surface area contributed by atoms with Gasteiger partial charge in [-0.3, -0.25) is 4.79 Å². The number of carbonyl (C=O) groups is 1. The van der Waals surface area contributed by atoms with E-state index in [9.17, 15) is 4.79 Å². The smallest absolute Gasteiger partial charge is 0.254 e. The molecule has 0 saturated carbocycles. The van der Waals surface area contributed by atoms with Crippen LogP contribution in [0, 0.1) is 0 Å². The molecule has 2 aromatic carbocycles. The first-order valence-corrected chi connectivity index (χ1v) is 8.58. The van der Waals surface area contributed by atoms with E-state index in [4.69, 9.17) is 19.3 Å². The van der Waals surface area contributed by atoms with Gasteiger partial charge in [-0.15, -0.1) is 0 Å². The predicted octanol–water partition coefficient (Wildman–Crippen LogP) is 2.24. The van der Waals surface area contributed by atoms with Gasteiger partial charge in [0.05, 0.1) is 33.5 Å². The van der Waals surface area contributed by atoms with Gasteiger partial charge >= 0.3 is 0 Å². The molecule has 1 amide bonds. The number of amides is 1. The number of hydrogen-bond donors (Lipinski definition) is 1. The minimum absolute atomic E-state index is 0.00179. The van der Waals surface area contributed by atoms with Crippen LogP contribution in [-0.4, -0.2) is 49.4 Å². The molecular formula is C20H23NO5. The van der Waals surface area contributed by atoms with Crippen molar-refractivity contribution >= 4 is 5.91 Å². The van der Waals surface area contributed by atoms with E-state index < -0.39 is 0 Å². The molecule has 0 aromatic heterocycles. The molecule has 0 radical (unpaired) electrons. The number of rotatable bonds is 6. The lowest BCUT2D eigenvalue weighted by Crippen LogP contribution is -2.32. The number of aliphatic hydroxyl groups is 1. The molecule has 0 unspecified atom stereocenters. The molecule has 0 atom stereocenters. The number of fused-ring (bicyclic) bond motifs is 1. The van der Waals surface area contributed by atoms with Crippen LogP contribution in [0.25, 0.3) is 0 Å². The summed E-state index contributed by atoms with van der Waals surface area (Å²) in [6.45, 7) is 2.17. The highest BCUT2D eigenvalue weighted by atomic mass is 16.5. The monoisotopic (exact) mass is 357 g/mol. The summed E-state index contributed by atoms with van der Waals surface area (Å²) in [5.74, 6) is 1.48. The quantitative estimate of drug-likeness (QED) is 0.803. The Hall–Kier alpha value is -2.57. The van der Waals surface area contributed by atoms with Crippen molar-refractivity contribution in [1.82, 2.24) is 4.90 Å². The highest BCUT2D eigenvalue weighted by molar-refractivity contribution is 5.94. The average molecular weight is 357 g/mol. The first-order chi connectivity index (χ1) is 12.7. The molecule has 3 rings (SSSR count). The number of hydrogen-bond acceptors (Lipinski definition) is 5. The second-order valence-corrected chi connectivity index (χ2v) is 6.02. The fraction of sp³-hybridized carbons (Fsp3) is 0.350. The van der Waals surface area contributed by atoms with Crippen molar-refractivity contribution in [2.24, 2.45) is 0 Å². The van der Waals surface area contributed by atoms with E-state index >= 15 is 0 Å². The van der Waals surface area contributed by atoms with Gasteiger partial charge in [0.1, 0.15) is 18.1 Å². The van der Waals surface area contributed by atoms with Gasteiger partial charge in [-0.1, -0.05) is 6.07 Å². The number of carbonyl (C=O) groups excluding carboxylic acids is 1. The zero-order valence-corrected chi connectivity index (χ0v) is 14.8. The molecule has 1 heterocycles. The highest BCUT2D eigenvalue weighted by Crippen LogP contribution is 2.26. The lowest BCUT2D eigenvalue weighted by atomic mass is 10.1. The van der Waals surface area contributed by atoms with E-state index in [0.29, 0.717) is 38.5 Å². The fourth-order valence-corrected chi connectivity index (χ4v) is 2.88. The van der Waals surface area contributed by atoms with Crippen molar-refractivity contribution in [2.75, 3.05) is 33.5 Å². The van der Waals surface area contributed by atoms with Crippen molar-refractivity contribution in [2.45, 2.75) is 13.2 Å². The van der Waals surface area contributed by atoms with Crippen LogP contribution >= 0.6 is 0 Å². The molecule has 138 valence electrons. The molecule has 1 aliphatic rings. The fourth-order valence-electron chi connectivity index (χ4n) is 2.88. The molecule has 0 aliphatic carbocycles. The molecule has 1 N–H and O–H groups in total. The number of benzene rings is 2. The molecule has 2 aromatic rings. The summed E-state index contributed by atoms with van der Waals surface area (Å²) in [7, 11) is 1.60. The van der Waals surface area contributed by atoms with Crippen molar-refractivity contribution in [3.8, 4) is 11.5 Å². The number of aliphatic hydroxyl groups excluding tert-OH is 1. The summed E-state index contributed by atoms with van der Waals surface area (Å²) in [6, 6.07) is 13.0. The van der Waals surface area contributed by atoms with Crippen LogP contribution < -0.4 is 9.47 Å². The van der Waals surface area contributed by atoms with Crippen molar-refractivity contribution in [1.29, 1.82) is 0 Å². The van der Waals surface area contributed by atoms with Crippen LogP contribution in [0.15, 0.2) is 42.5 Å². The molecule has 6 nitrogen and oxygen atoms in total. The molecule has 26 heavy (non-hydrogen) atoms. The van der Waals surface area contributed by atoms with Gasteiger partial charge in [0, 0.05) is 17.7 Å². The first-order valence-electron chi connectivity index (χ1n) is 8.58. The van der Waals surface area contributed by atoms with E-state index in [1.54, 1.807) is 36.3 Å². The van der Waals surface area contributed by atoms with Crippen LogP contribution in [0.1, 0.15) is 21.5 Å². The van der Waals surface area contributed by atoms with E-state index in [2.05, 4.69) is 0 Å². The van der Waals surface area contributed by atoms with Crippen LogP contribution in [0.2, 0.25) is 0 Å². The molecular weight excluding hydrogens is 334 g/mol. The number of methoxy groups -OCH3 is 1. The first kappa shape index (κ1) is 18.2. The Morgan fingerprint density at radius 3 is 2.77 bits per heavy atom. The van der Waals surface area contributed by atoms with Crippen LogP contribution in [0.4, 0.5) is 0 Å². The van der Waals surface area contributed by atoms with Gasteiger partial charge in [0.2, 0.25) is 0 Å². The zero-order valence-electron chi connectivity index (χ0n) is 14.8. The Kier molecular flexibility index (Phi) is 6.09. The second kappa shape index (κ2) is 8.69. The lowest BCUT2D eigenvalue weighted by Gasteiger charge is -2.20. The average Bonchev–Trinajstić information content (AvgIpc) is 2.89. The Labute approximate surface area is 152 Å². The maximum absolute atomic E-state index is 12.8. The summed E-state index contributed by atoms with van der Waals surface area (Å²) in [6.07, 6.45) is 0. The van der Waals surface area contributed by atoms with E-state index in [0.717, 1.165) is 22.6 Å². The summed E-state index contributed by atoms with van der Waals surface area (Å²) in [4.78, 5) is 14.6. The summed E-state index contributed by atoms with van der Waals surface area (Å²) >= 11 is 0. The van der Waals surface area contributed by atoms with Gasteiger partial charge in [-0.05, 0) is 42.0 Å². The second-order valence-electron chi connectivity index (χ2n) is 6.02. The molecule has 1 aliphatic heterocycles. The third-order valence-electron chi connectivity index (χ3n) is 4.23. The van der Waals surface area contributed by atoms with Gasteiger partial charge in [0.15, 0.2) is 0 Å². The third kappa shape index (κ3) is 4.33. The van der Waals surface area contributed by atoms with E-state index in [1.807, 2.05) is 18.2 Å². The largest absolute Gasteiger partial charge is 0.497 e.